The van der Waals surface area contributed by atoms with Gasteiger partial charge in [-0.2, -0.15) is 0 Å². The summed E-state index contributed by atoms with van der Waals surface area (Å²) in [5.41, 5.74) is 0.861. The number of nitrogens with two attached hydrogens (primary N) is 1. The molecule has 2 aliphatic rings. The van der Waals surface area contributed by atoms with Crippen LogP contribution in [0.3, 0.4) is 0 Å². The maximum atomic E-state index is 2.47. The van der Waals surface area contributed by atoms with Crippen molar-refractivity contribution in [2.45, 2.75) is 25.7 Å². The highest BCUT2D eigenvalue weighted by Crippen LogP contribution is 2.43. The summed E-state index contributed by atoms with van der Waals surface area (Å²) in [5.74, 6) is 0. The number of rotatable bonds is 0. The molecule has 0 amide bonds. The molecule has 1 saturated carbocycles. The molecule has 1 nitrogen and oxygen atoms in total. The fourth-order valence-corrected chi connectivity index (χ4v) is 2.05. The topological polar surface area (TPSA) is 16.6 Å². The first-order chi connectivity index (χ1) is 3.91. The van der Waals surface area contributed by atoms with Crippen molar-refractivity contribution >= 4 is 0 Å². The van der Waals surface area contributed by atoms with Crippen LogP contribution in [0.1, 0.15) is 25.7 Å². The van der Waals surface area contributed by atoms with Gasteiger partial charge in [-0.05, 0) is 12.8 Å². The van der Waals surface area contributed by atoms with Crippen molar-refractivity contribution in [1.29, 1.82) is 0 Å². The molecule has 46 valence electrons. The van der Waals surface area contributed by atoms with E-state index >= 15 is 0 Å². The summed E-state index contributed by atoms with van der Waals surface area (Å²) in [6.45, 7) is 2.84. The van der Waals surface area contributed by atoms with E-state index in [2.05, 4.69) is 5.32 Å². The third-order valence-corrected chi connectivity index (χ3v) is 2.87. The van der Waals surface area contributed by atoms with Gasteiger partial charge in [0.2, 0.25) is 0 Å². The second-order valence-electron chi connectivity index (χ2n) is 3.39. The zero-order valence-corrected chi connectivity index (χ0v) is 5.32. The van der Waals surface area contributed by atoms with Gasteiger partial charge < -0.3 is 5.32 Å². The second-order valence-corrected chi connectivity index (χ2v) is 3.39. The monoisotopic (exact) mass is 112 g/mol. The predicted molar refractivity (Wildman–Crippen MR) is 32.6 cm³/mol. The average Bonchev–Trinajstić information content (AvgIpc) is 2.07. The van der Waals surface area contributed by atoms with Crippen LogP contribution < -0.4 is 5.32 Å². The molecule has 0 unspecified atom stereocenters. The van der Waals surface area contributed by atoms with E-state index < -0.39 is 0 Å². The van der Waals surface area contributed by atoms with Crippen LogP contribution in [0.4, 0.5) is 0 Å². The zero-order chi connectivity index (χ0) is 5.45. The lowest BCUT2D eigenvalue weighted by atomic mass is 9.68. The maximum absolute atomic E-state index is 2.47. The molecule has 2 fully saturated rings. The van der Waals surface area contributed by atoms with E-state index in [0.29, 0.717) is 0 Å². The van der Waals surface area contributed by atoms with Gasteiger partial charge in [-0.3, -0.25) is 0 Å². The van der Waals surface area contributed by atoms with Gasteiger partial charge in [-0.1, -0.05) is 6.42 Å². The fourth-order valence-electron chi connectivity index (χ4n) is 2.05. The minimum Gasteiger partial charge on any atom is -0.346 e. The lowest BCUT2D eigenvalue weighted by Gasteiger charge is -2.34. The summed E-state index contributed by atoms with van der Waals surface area (Å²) in [5, 5.41) is 2.47. The van der Waals surface area contributed by atoms with Crippen LogP contribution in [-0.2, 0) is 0 Å². The molecule has 1 heteroatoms. The van der Waals surface area contributed by atoms with Crippen LogP contribution in [-0.4, -0.2) is 13.1 Å². The van der Waals surface area contributed by atoms with Crippen LogP contribution in [0.5, 0.6) is 0 Å². The maximum Gasteiger partial charge on any atom is 0.0814 e. The molecular weight excluding hydrogens is 98.1 g/mol. The first-order valence-electron chi connectivity index (χ1n) is 3.73. The Morgan fingerprint density at radius 1 is 1.12 bits per heavy atom. The van der Waals surface area contributed by atoms with E-state index in [0.717, 1.165) is 5.41 Å². The highest BCUT2D eigenvalue weighted by atomic mass is 14.9. The Morgan fingerprint density at radius 3 is 2.25 bits per heavy atom. The van der Waals surface area contributed by atoms with Crippen LogP contribution in [0.15, 0.2) is 0 Å². The number of quaternary nitrogens is 1. The van der Waals surface area contributed by atoms with E-state index in [-0.39, 0.29) is 0 Å². The van der Waals surface area contributed by atoms with Gasteiger partial charge >= 0.3 is 0 Å². The van der Waals surface area contributed by atoms with Gasteiger partial charge in [0.15, 0.2) is 0 Å². The molecule has 0 aromatic carbocycles. The Balaban J connectivity index is 2.01. The molecule has 1 aliphatic heterocycles. The van der Waals surface area contributed by atoms with Crippen molar-refractivity contribution in [2.75, 3.05) is 13.1 Å². The van der Waals surface area contributed by atoms with Gasteiger partial charge in [0, 0.05) is 11.8 Å². The minimum atomic E-state index is 0.861. The molecule has 8 heavy (non-hydrogen) atoms. The standard InChI is InChI=1S/C7H13N/c1-2-7(3-1)4-5-8-6-7/h8H,1-6H2/p+1. The van der Waals surface area contributed by atoms with Crippen molar-refractivity contribution in [3.8, 4) is 0 Å². The highest BCUT2D eigenvalue weighted by Gasteiger charge is 2.41. The number of hydrogen-bond donors (Lipinski definition) is 1. The molecule has 2 N–H and O–H groups in total. The first kappa shape index (κ1) is 4.80. The number of hydrogen-bond acceptors (Lipinski definition) is 0. The Bertz CT molecular complexity index is 86.6. The Morgan fingerprint density at radius 2 is 2.00 bits per heavy atom. The van der Waals surface area contributed by atoms with Crippen molar-refractivity contribution in [3.05, 3.63) is 0 Å². The third-order valence-electron chi connectivity index (χ3n) is 2.87. The third kappa shape index (κ3) is 0.510. The molecule has 1 spiro atoms. The summed E-state index contributed by atoms with van der Waals surface area (Å²) >= 11 is 0. The molecule has 0 aromatic heterocycles. The van der Waals surface area contributed by atoms with Gasteiger partial charge in [0.1, 0.15) is 0 Å². The molecule has 1 aliphatic carbocycles. The van der Waals surface area contributed by atoms with Gasteiger partial charge in [-0.15, -0.1) is 0 Å². The quantitative estimate of drug-likeness (QED) is 0.458. The van der Waals surface area contributed by atoms with Gasteiger partial charge in [-0.25, -0.2) is 0 Å². The minimum absolute atomic E-state index is 0.861. The van der Waals surface area contributed by atoms with Crippen LogP contribution in [0, 0.1) is 5.41 Å². The fraction of sp³-hybridized carbons (Fsp3) is 1.00. The van der Waals surface area contributed by atoms with Crippen molar-refractivity contribution in [1.82, 2.24) is 0 Å². The summed E-state index contributed by atoms with van der Waals surface area (Å²) in [4.78, 5) is 0. The van der Waals surface area contributed by atoms with E-state index in [1.54, 1.807) is 0 Å². The molecule has 0 radical (unpaired) electrons. The first-order valence-corrected chi connectivity index (χ1v) is 3.73. The molecule has 1 heterocycles. The second kappa shape index (κ2) is 1.47. The van der Waals surface area contributed by atoms with Gasteiger partial charge in [0.05, 0.1) is 13.1 Å². The van der Waals surface area contributed by atoms with E-state index in [1.807, 2.05) is 0 Å². The summed E-state index contributed by atoms with van der Waals surface area (Å²) in [6.07, 6.45) is 6.08. The smallest absolute Gasteiger partial charge is 0.0814 e. The van der Waals surface area contributed by atoms with Crippen LogP contribution in [0.2, 0.25) is 0 Å². The molecule has 2 rings (SSSR count). The lowest BCUT2D eigenvalue weighted by Crippen LogP contribution is -2.82. The molecule has 1 saturated heterocycles. The normalized spacial score (nSPS) is 33.0. The van der Waals surface area contributed by atoms with E-state index in [4.69, 9.17) is 0 Å². The van der Waals surface area contributed by atoms with Crippen molar-refractivity contribution < 1.29 is 5.32 Å². The predicted octanol–water partition coefficient (Wildman–Crippen LogP) is 0.124. The van der Waals surface area contributed by atoms with Gasteiger partial charge in [0.25, 0.3) is 0 Å². The van der Waals surface area contributed by atoms with Crippen molar-refractivity contribution in [3.63, 3.8) is 0 Å². The molecule has 0 aromatic rings. The average molecular weight is 112 g/mol. The summed E-state index contributed by atoms with van der Waals surface area (Å²) < 4.78 is 0. The molecular formula is C7H14N+. The van der Waals surface area contributed by atoms with E-state index in [9.17, 15) is 0 Å². The SMILES string of the molecule is C1CC2(C1)CC[NH2+]C2. The Labute approximate surface area is 50.5 Å². The lowest BCUT2D eigenvalue weighted by molar-refractivity contribution is -0.642. The highest BCUT2D eigenvalue weighted by molar-refractivity contribution is 4.88. The Hall–Kier alpha value is -0.0400. The summed E-state index contributed by atoms with van der Waals surface area (Å²) in [7, 11) is 0. The molecule has 0 atom stereocenters. The van der Waals surface area contributed by atoms with Crippen LogP contribution >= 0.6 is 0 Å². The largest absolute Gasteiger partial charge is 0.346 e. The van der Waals surface area contributed by atoms with E-state index in [1.165, 1.54) is 38.8 Å². The Kier molecular flexibility index (Phi) is 0.884. The zero-order valence-electron chi connectivity index (χ0n) is 5.32. The van der Waals surface area contributed by atoms with Crippen molar-refractivity contribution in [2.24, 2.45) is 5.41 Å². The van der Waals surface area contributed by atoms with Crippen LogP contribution in [0.25, 0.3) is 0 Å². The summed E-state index contributed by atoms with van der Waals surface area (Å²) in [6, 6.07) is 0. The molecule has 0 bridgehead atoms.